The minimum Gasteiger partial charge on any atom is -0.465 e. The summed E-state index contributed by atoms with van der Waals surface area (Å²) >= 11 is 0. The van der Waals surface area contributed by atoms with Crippen molar-refractivity contribution in [3.8, 4) is 68.3 Å². The maximum absolute atomic E-state index is 12.1. The quantitative estimate of drug-likeness (QED) is 0.0725. The molecule has 0 spiro atoms. The molecule has 0 radical (unpaired) electrons. The monoisotopic (exact) mass is 1390 g/mol. The fraction of sp³-hybridized carbons (Fsp3) is 0.232. The summed E-state index contributed by atoms with van der Waals surface area (Å²) in [5, 5.41) is 67.3. The van der Waals surface area contributed by atoms with E-state index in [2.05, 4.69) is 114 Å². The second-order valence-corrected chi connectivity index (χ2v) is 22.6. The summed E-state index contributed by atoms with van der Waals surface area (Å²) in [4.78, 5) is 57.5. The number of esters is 5. The predicted molar refractivity (Wildman–Crippen MR) is 367 cm³/mol. The van der Waals surface area contributed by atoms with E-state index < -0.39 is 0 Å². The molecule has 0 atom stereocenters. The molecule has 0 N–H and O–H groups in total. The van der Waals surface area contributed by atoms with Gasteiger partial charge in [-0.2, -0.15) is 0 Å². The van der Waals surface area contributed by atoms with E-state index in [1.807, 2.05) is 74.6 Å². The number of rotatable bonds is 15. The highest BCUT2D eigenvalue weighted by atomic mass is 16.5. The third-order valence-electron chi connectivity index (χ3n) is 15.1. The van der Waals surface area contributed by atoms with E-state index in [1.165, 1.54) is 39.7 Å². The molecule has 34 heteroatoms. The van der Waals surface area contributed by atoms with Crippen molar-refractivity contribution in [3.63, 3.8) is 0 Å². The van der Waals surface area contributed by atoms with E-state index in [0.29, 0.717) is 69.5 Å². The molecule has 0 saturated heterocycles. The minimum atomic E-state index is -0.359. The summed E-state index contributed by atoms with van der Waals surface area (Å²) in [5.41, 5.74) is 11.2. The lowest BCUT2D eigenvalue weighted by Crippen LogP contribution is -2.07. The van der Waals surface area contributed by atoms with Crippen molar-refractivity contribution < 1.29 is 47.7 Å². The Morgan fingerprint density at radius 1 is 0.330 bits per heavy atom. The van der Waals surface area contributed by atoms with Crippen LogP contribution in [0.15, 0.2) is 170 Å². The normalized spacial score (nSPS) is 11.0. The van der Waals surface area contributed by atoms with Crippen LogP contribution in [-0.2, 0) is 72.6 Å². The number of carbonyl (C=O) groups excluding carboxylic acids is 5. The Hall–Kier alpha value is -13.7. The second-order valence-electron chi connectivity index (χ2n) is 22.6. The van der Waals surface area contributed by atoms with Crippen LogP contribution < -0.4 is 0 Å². The number of aromatic nitrogens is 24. The maximum Gasteiger partial charge on any atom is 0.338 e. The van der Waals surface area contributed by atoms with Gasteiger partial charge in [0.1, 0.15) is 6.61 Å². The Morgan fingerprint density at radius 3 is 0.816 bits per heavy atom. The molecule has 14 rings (SSSR count). The lowest BCUT2D eigenvalue weighted by Gasteiger charge is -2.06. The minimum absolute atomic E-state index is 0.259. The van der Waals surface area contributed by atoms with E-state index in [1.54, 1.807) is 173 Å². The Bertz CT molecular complexity index is 4680. The zero-order valence-electron chi connectivity index (χ0n) is 57.9. The fourth-order valence-corrected chi connectivity index (χ4v) is 9.27. The van der Waals surface area contributed by atoms with Crippen molar-refractivity contribution in [3.05, 3.63) is 214 Å². The Morgan fingerprint density at radius 2 is 0.583 bits per heavy atom. The average molecular weight is 1400 g/mol. The summed E-state index contributed by atoms with van der Waals surface area (Å²) in [6.45, 7) is 4.85. The summed E-state index contributed by atoms with van der Waals surface area (Å²) in [7, 11) is 14.7. The molecule has 1 aliphatic rings. The third kappa shape index (κ3) is 20.5. The highest BCUT2D eigenvalue weighted by Gasteiger charge is 2.24. The van der Waals surface area contributed by atoms with Crippen LogP contribution in [0.4, 0.5) is 0 Å². The smallest absolute Gasteiger partial charge is 0.338 e. The molecular formula is C69H70N24O10. The Labute approximate surface area is 588 Å². The Balaban J connectivity index is 0.000000145. The number of hydrogen-bond donors (Lipinski definition) is 0. The molecule has 1 aliphatic carbocycles. The lowest BCUT2D eigenvalue weighted by molar-refractivity contribution is 0.0468. The van der Waals surface area contributed by atoms with Gasteiger partial charge in [-0.15, -0.1) is 30.6 Å². The van der Waals surface area contributed by atoms with Crippen molar-refractivity contribution in [2.75, 3.05) is 27.9 Å². The maximum atomic E-state index is 12.1. The van der Waals surface area contributed by atoms with Crippen LogP contribution in [0.25, 0.3) is 68.3 Å². The number of nitrogens with zero attached hydrogens (tertiary/aromatic N) is 24. The van der Waals surface area contributed by atoms with Crippen molar-refractivity contribution in [2.24, 2.45) is 48.2 Å². The van der Waals surface area contributed by atoms with Gasteiger partial charge < -0.3 is 23.7 Å². The van der Waals surface area contributed by atoms with Crippen LogP contribution in [-0.4, -0.2) is 179 Å². The number of tetrazole rings is 6. The third-order valence-corrected chi connectivity index (χ3v) is 15.1. The fourth-order valence-electron chi connectivity index (χ4n) is 9.27. The van der Waals surface area contributed by atoms with Gasteiger partial charge in [0.2, 0.25) is 0 Å². The zero-order valence-corrected chi connectivity index (χ0v) is 57.9. The molecule has 1 fully saturated rings. The summed E-state index contributed by atoms with van der Waals surface area (Å²) in [6.07, 6.45) is 2.34. The molecule has 103 heavy (non-hydrogen) atoms. The van der Waals surface area contributed by atoms with Gasteiger partial charge in [0.05, 0.1) is 55.8 Å². The van der Waals surface area contributed by atoms with Crippen molar-refractivity contribution >= 4 is 29.8 Å². The lowest BCUT2D eigenvalue weighted by atomic mass is 10.1. The molecule has 1 saturated carbocycles. The number of benzene rings is 7. The first-order valence-corrected chi connectivity index (χ1v) is 31.4. The molecule has 6 heterocycles. The average Bonchev–Trinajstić information content (AvgIpc) is 1.82. The van der Waals surface area contributed by atoms with E-state index in [4.69, 9.17) is 9.47 Å². The molecule has 0 unspecified atom stereocenters. The standard InChI is InChI=1S/C17H16N4O2.C13H14N4O2.3C10H10N4O2.C9H10N4/c1-12-4-3-5-13(10-12)11-23-17(22)15-8-6-14(7-9-15)16-18-19-20-21(16)2;1-17-12(14-15-16-17)10-4-6-11(7-5-10)13(18)19-8-9-2-3-9;3*1-14-9(11-12-13-14)7-3-5-8(6-4-7)10(15)16-2;1-7-3-5-8(6-4-7)9-10-11-12-13(9)2/h3-10H,11H2,1-2H3;4-7,9H,2-3,8H2,1H3;3*3-6H,1-2H3;3-6H,1-2H3. The molecule has 0 aliphatic heterocycles. The van der Waals surface area contributed by atoms with Crippen LogP contribution in [0.2, 0.25) is 0 Å². The molecule has 0 amide bonds. The zero-order chi connectivity index (χ0) is 73.4. The van der Waals surface area contributed by atoms with Gasteiger partial charge in [-0.25, -0.2) is 52.1 Å². The van der Waals surface area contributed by atoms with Crippen LogP contribution in [0, 0.1) is 19.8 Å². The number of hydrogen-bond acceptors (Lipinski definition) is 28. The van der Waals surface area contributed by atoms with Crippen LogP contribution in [0.5, 0.6) is 0 Å². The first-order chi connectivity index (χ1) is 49.8. The predicted octanol–water partition coefficient (Wildman–Crippen LogP) is 7.16. The van der Waals surface area contributed by atoms with E-state index in [9.17, 15) is 24.0 Å². The first-order valence-electron chi connectivity index (χ1n) is 31.4. The highest BCUT2D eigenvalue weighted by molar-refractivity contribution is 5.92. The van der Waals surface area contributed by atoms with Crippen molar-refractivity contribution in [1.29, 1.82) is 0 Å². The van der Waals surface area contributed by atoms with Gasteiger partial charge in [-0.05, 0) is 161 Å². The van der Waals surface area contributed by atoms with Gasteiger partial charge in [-0.1, -0.05) is 120 Å². The Kier molecular flexibility index (Phi) is 25.5. The SMILES string of the molecule is COC(=O)c1ccc(-c2nnnn2C)cc1.COC(=O)c1ccc(-c2nnnn2C)cc1.COC(=O)c1ccc(-c2nnnn2C)cc1.Cc1ccc(-c2nnnn2C)cc1.Cc1cccc(COC(=O)c2ccc(-c3nnnn3C)cc2)c1.Cn1nnnc1-c1ccc(C(=O)OCC2CC2)cc1. The number of ether oxygens (including phenoxy) is 5. The van der Waals surface area contributed by atoms with Gasteiger partial charge in [0, 0.05) is 75.7 Å². The highest BCUT2D eigenvalue weighted by Crippen LogP contribution is 2.29. The van der Waals surface area contributed by atoms with Crippen molar-refractivity contribution in [2.45, 2.75) is 33.3 Å². The molecule has 34 nitrogen and oxygen atoms in total. The topological polar surface area (TPSA) is 393 Å². The van der Waals surface area contributed by atoms with Crippen LogP contribution in [0.1, 0.15) is 81.3 Å². The van der Waals surface area contributed by atoms with E-state index >= 15 is 0 Å². The molecule has 13 aromatic rings. The van der Waals surface area contributed by atoms with Crippen LogP contribution >= 0.6 is 0 Å². The molecule has 6 aromatic heterocycles. The van der Waals surface area contributed by atoms with Crippen molar-refractivity contribution in [1.82, 2.24) is 121 Å². The van der Waals surface area contributed by atoms with Crippen LogP contribution in [0.3, 0.4) is 0 Å². The molecule has 526 valence electrons. The largest absolute Gasteiger partial charge is 0.465 e. The summed E-state index contributed by atoms with van der Waals surface area (Å²) in [5.74, 6) is 2.93. The number of methoxy groups -OCH3 is 3. The van der Waals surface area contributed by atoms with E-state index in [0.717, 1.165) is 50.3 Å². The first kappa shape index (κ1) is 73.6. The number of carbonyl (C=O) groups is 5. The number of aryl methyl sites for hydroxylation is 8. The summed E-state index contributed by atoms with van der Waals surface area (Å²) < 4.78 is 33.9. The molecular weight excluding hydrogens is 1320 g/mol. The van der Waals surface area contributed by atoms with Gasteiger partial charge in [-0.3, -0.25) is 0 Å². The molecule has 0 bridgehead atoms. The van der Waals surface area contributed by atoms with Gasteiger partial charge in [0.25, 0.3) is 0 Å². The molecule has 7 aromatic carbocycles. The van der Waals surface area contributed by atoms with Gasteiger partial charge >= 0.3 is 29.8 Å². The summed E-state index contributed by atoms with van der Waals surface area (Å²) in [6, 6.07) is 50.8. The van der Waals surface area contributed by atoms with E-state index in [-0.39, 0.29) is 36.5 Å². The second kappa shape index (κ2) is 35.7. The van der Waals surface area contributed by atoms with Gasteiger partial charge in [0.15, 0.2) is 34.9 Å².